The largest absolute Gasteiger partial charge is 0.338 e. The second-order valence-corrected chi connectivity index (χ2v) is 4.60. The van der Waals surface area contributed by atoms with Crippen molar-refractivity contribution < 1.29 is 4.21 Å². The van der Waals surface area contributed by atoms with Crippen LogP contribution in [-0.4, -0.2) is 49.6 Å². The van der Waals surface area contributed by atoms with Gasteiger partial charge in [-0.15, -0.1) is 0 Å². The summed E-state index contributed by atoms with van der Waals surface area (Å²) in [6.07, 6.45) is 0. The maximum Gasteiger partial charge on any atom is 0.231 e. The summed E-state index contributed by atoms with van der Waals surface area (Å²) in [5.41, 5.74) is 0. The van der Waals surface area contributed by atoms with E-state index in [0.717, 1.165) is 0 Å². The van der Waals surface area contributed by atoms with E-state index < -0.39 is 0 Å². The number of piperazine rings is 1. The highest BCUT2D eigenvalue weighted by Crippen LogP contribution is 2.15. The average molecular weight is 282 g/mol. The van der Waals surface area contributed by atoms with Crippen LogP contribution < -0.4 is 4.90 Å². The van der Waals surface area contributed by atoms with E-state index in [-0.39, 0.29) is 22.4 Å². The van der Waals surface area contributed by atoms with Crippen molar-refractivity contribution in [2.24, 2.45) is 0 Å². The first-order valence-corrected chi connectivity index (χ1v) is 6.11. The minimum Gasteiger partial charge on any atom is -0.338 e. The monoisotopic (exact) mass is 281 g/mol. The standard InChI is InChI=1S/C7H9Cl2N5OS/c8-5-10-6(9)12-7(11-5)13-1-3-14(16-15)4-2-13/h16H,1-4H2. The van der Waals surface area contributed by atoms with E-state index >= 15 is 0 Å². The normalized spacial score (nSPS) is 17.8. The molecule has 0 bridgehead atoms. The van der Waals surface area contributed by atoms with Crippen molar-refractivity contribution >= 4 is 41.0 Å². The van der Waals surface area contributed by atoms with Crippen LogP contribution in [-0.2, 0) is 11.9 Å². The number of hydrogen-bond acceptors (Lipinski definition) is 5. The summed E-state index contributed by atoms with van der Waals surface area (Å²) >= 11 is 11.4. The van der Waals surface area contributed by atoms with E-state index in [1.54, 1.807) is 4.31 Å². The molecule has 1 fully saturated rings. The van der Waals surface area contributed by atoms with Crippen molar-refractivity contribution in [1.29, 1.82) is 0 Å². The fourth-order valence-corrected chi connectivity index (χ4v) is 2.13. The molecule has 2 rings (SSSR count). The Morgan fingerprint density at radius 1 is 1.00 bits per heavy atom. The average Bonchev–Trinajstić information content (AvgIpc) is 2.28. The van der Waals surface area contributed by atoms with Gasteiger partial charge in [0.1, 0.15) is 0 Å². The van der Waals surface area contributed by atoms with Gasteiger partial charge in [-0.2, -0.15) is 15.0 Å². The summed E-state index contributed by atoms with van der Waals surface area (Å²) < 4.78 is 12.4. The summed E-state index contributed by atoms with van der Waals surface area (Å²) in [5.74, 6) is 0.465. The number of halogens is 2. The Bertz CT molecular complexity index is 378. The van der Waals surface area contributed by atoms with Crippen LogP contribution in [0.25, 0.3) is 0 Å². The smallest absolute Gasteiger partial charge is 0.231 e. The van der Waals surface area contributed by atoms with E-state index in [1.807, 2.05) is 4.90 Å². The number of rotatable bonds is 2. The number of anilines is 1. The molecule has 0 N–H and O–H groups in total. The maximum absolute atomic E-state index is 10.6. The predicted molar refractivity (Wildman–Crippen MR) is 63.2 cm³/mol. The molecule has 1 aliphatic heterocycles. The first-order chi connectivity index (χ1) is 7.69. The molecule has 0 aliphatic carbocycles. The minimum absolute atomic E-state index is 0.0508. The van der Waals surface area contributed by atoms with Crippen LogP contribution in [0.5, 0.6) is 0 Å². The quantitative estimate of drug-likeness (QED) is 0.783. The van der Waals surface area contributed by atoms with Gasteiger partial charge in [0.15, 0.2) is 0 Å². The number of hydrogen-bond donors (Lipinski definition) is 1. The fourth-order valence-electron chi connectivity index (χ4n) is 1.44. The van der Waals surface area contributed by atoms with Gasteiger partial charge >= 0.3 is 0 Å². The molecule has 0 amide bonds. The van der Waals surface area contributed by atoms with Gasteiger partial charge in [0.05, 0.1) is 11.9 Å². The molecule has 0 spiro atoms. The van der Waals surface area contributed by atoms with E-state index in [2.05, 4.69) is 15.0 Å². The molecule has 16 heavy (non-hydrogen) atoms. The summed E-state index contributed by atoms with van der Waals surface area (Å²) in [4.78, 5) is 13.6. The summed E-state index contributed by atoms with van der Waals surface area (Å²) in [6, 6.07) is 0. The molecule has 1 aromatic heterocycles. The van der Waals surface area contributed by atoms with Crippen LogP contribution in [0, 0.1) is 0 Å². The zero-order valence-electron chi connectivity index (χ0n) is 8.18. The highest BCUT2D eigenvalue weighted by atomic mass is 35.5. The Kier molecular flexibility index (Phi) is 3.91. The Balaban J connectivity index is 2.10. The van der Waals surface area contributed by atoms with Gasteiger partial charge in [-0.1, -0.05) is 0 Å². The Morgan fingerprint density at radius 2 is 1.56 bits per heavy atom. The fraction of sp³-hybridized carbons (Fsp3) is 0.571. The first-order valence-electron chi connectivity index (χ1n) is 4.59. The van der Waals surface area contributed by atoms with Gasteiger partial charge in [-0.05, 0) is 23.2 Å². The molecule has 9 heteroatoms. The zero-order chi connectivity index (χ0) is 11.5. The van der Waals surface area contributed by atoms with Crippen molar-refractivity contribution in [1.82, 2.24) is 19.3 Å². The third-order valence-corrected chi connectivity index (χ3v) is 3.19. The molecular formula is C7H9Cl2N5OS. The molecule has 0 unspecified atom stereocenters. The molecule has 1 aromatic rings. The van der Waals surface area contributed by atoms with Crippen molar-refractivity contribution in [3.63, 3.8) is 0 Å². The van der Waals surface area contributed by atoms with Crippen molar-refractivity contribution in [2.75, 3.05) is 31.1 Å². The maximum atomic E-state index is 10.6. The summed E-state index contributed by atoms with van der Waals surface area (Å²) in [7, 11) is 0. The Labute approximate surface area is 106 Å². The SMILES string of the molecule is O=[SH]N1CCN(c2nc(Cl)nc(Cl)n2)CC1. The molecule has 0 saturated carbocycles. The second kappa shape index (κ2) is 5.22. The van der Waals surface area contributed by atoms with Gasteiger partial charge in [0.25, 0.3) is 0 Å². The van der Waals surface area contributed by atoms with Crippen molar-refractivity contribution in [3.05, 3.63) is 10.6 Å². The molecule has 0 radical (unpaired) electrons. The molecular weight excluding hydrogens is 273 g/mol. The topological polar surface area (TPSA) is 62.2 Å². The van der Waals surface area contributed by atoms with Crippen LogP contribution in [0.4, 0.5) is 5.95 Å². The minimum atomic E-state index is 0.0508. The predicted octanol–water partition coefficient (Wildman–Crippen LogP) is 0.161. The number of thiol groups is 1. The van der Waals surface area contributed by atoms with Crippen LogP contribution in [0.15, 0.2) is 0 Å². The van der Waals surface area contributed by atoms with Gasteiger partial charge in [-0.3, -0.25) is 0 Å². The molecule has 2 heterocycles. The molecule has 1 aliphatic rings. The highest BCUT2D eigenvalue weighted by Gasteiger charge is 2.19. The summed E-state index contributed by atoms with van der Waals surface area (Å²) in [6.45, 7) is 2.75. The van der Waals surface area contributed by atoms with E-state index in [9.17, 15) is 4.21 Å². The van der Waals surface area contributed by atoms with Crippen LogP contribution in [0.1, 0.15) is 0 Å². The Hall–Kier alpha value is -0.500. The number of aromatic nitrogens is 3. The van der Waals surface area contributed by atoms with E-state index in [1.165, 1.54) is 0 Å². The molecule has 0 atom stereocenters. The third-order valence-electron chi connectivity index (χ3n) is 2.22. The van der Waals surface area contributed by atoms with Crippen molar-refractivity contribution in [3.8, 4) is 0 Å². The first kappa shape index (κ1) is 12.0. The van der Waals surface area contributed by atoms with Crippen LogP contribution in [0.3, 0.4) is 0 Å². The molecule has 6 nitrogen and oxygen atoms in total. The third kappa shape index (κ3) is 2.79. The highest BCUT2D eigenvalue weighted by molar-refractivity contribution is 7.63. The Morgan fingerprint density at radius 3 is 2.06 bits per heavy atom. The second-order valence-electron chi connectivity index (χ2n) is 3.20. The van der Waals surface area contributed by atoms with Crippen molar-refractivity contribution in [2.45, 2.75) is 0 Å². The molecule has 1 saturated heterocycles. The lowest BCUT2D eigenvalue weighted by Gasteiger charge is -2.31. The lowest BCUT2D eigenvalue weighted by molar-refractivity contribution is 0.414. The number of nitrogens with zero attached hydrogens (tertiary/aromatic N) is 5. The van der Waals surface area contributed by atoms with Crippen LogP contribution >= 0.6 is 23.2 Å². The zero-order valence-corrected chi connectivity index (χ0v) is 10.6. The van der Waals surface area contributed by atoms with E-state index in [0.29, 0.717) is 32.1 Å². The van der Waals surface area contributed by atoms with Gasteiger partial charge in [-0.25, -0.2) is 8.51 Å². The van der Waals surface area contributed by atoms with Gasteiger partial charge < -0.3 is 4.90 Å². The van der Waals surface area contributed by atoms with Gasteiger partial charge in [0.2, 0.25) is 16.5 Å². The lowest BCUT2D eigenvalue weighted by atomic mass is 10.4. The lowest BCUT2D eigenvalue weighted by Crippen LogP contribution is -2.45. The van der Waals surface area contributed by atoms with Gasteiger partial charge in [0, 0.05) is 26.2 Å². The molecule has 0 aromatic carbocycles. The molecule has 88 valence electrons. The van der Waals surface area contributed by atoms with Crippen LogP contribution in [0.2, 0.25) is 10.6 Å². The summed E-state index contributed by atoms with van der Waals surface area (Å²) in [5, 5.41) is 0.166. The van der Waals surface area contributed by atoms with E-state index in [4.69, 9.17) is 23.2 Å².